The van der Waals surface area contributed by atoms with Crippen molar-refractivity contribution in [3.8, 4) is 17.0 Å². The Bertz CT molecular complexity index is 563. The van der Waals surface area contributed by atoms with Crippen LogP contribution in [0.5, 0.6) is 5.75 Å². The van der Waals surface area contributed by atoms with E-state index in [0.29, 0.717) is 17.0 Å². The van der Waals surface area contributed by atoms with E-state index in [4.69, 9.17) is 4.74 Å². The first-order valence-electron chi connectivity index (χ1n) is 4.94. The lowest BCUT2D eigenvalue weighted by molar-refractivity contribution is -0.384. The van der Waals surface area contributed by atoms with Crippen molar-refractivity contribution in [3.05, 3.63) is 40.6 Å². The lowest BCUT2D eigenvalue weighted by atomic mass is 10.1. The Balaban J connectivity index is 2.57. The van der Waals surface area contributed by atoms with E-state index in [1.165, 1.54) is 13.2 Å². The predicted molar refractivity (Wildman–Crippen MR) is 61.9 cm³/mol. The largest absolute Gasteiger partial charge is 0.497 e. The Hall–Kier alpha value is -2.37. The van der Waals surface area contributed by atoms with E-state index in [1.54, 1.807) is 36.1 Å². The zero-order valence-corrected chi connectivity index (χ0v) is 9.45. The van der Waals surface area contributed by atoms with Gasteiger partial charge in [0.2, 0.25) is 0 Å². The van der Waals surface area contributed by atoms with E-state index < -0.39 is 4.92 Å². The smallest absolute Gasteiger partial charge is 0.282 e. The Morgan fingerprint density at radius 3 is 2.71 bits per heavy atom. The standard InChI is InChI=1S/C11H11N3O3/c1-13-6-5-10(12-13)9-4-3-8(17-2)7-11(9)14(15)16/h3-7H,1-2H3. The molecule has 0 fully saturated rings. The maximum absolute atomic E-state index is 11.0. The molecule has 17 heavy (non-hydrogen) atoms. The average molecular weight is 233 g/mol. The minimum Gasteiger partial charge on any atom is -0.497 e. The number of benzene rings is 1. The van der Waals surface area contributed by atoms with E-state index in [2.05, 4.69) is 5.10 Å². The quantitative estimate of drug-likeness (QED) is 0.600. The molecule has 2 aromatic rings. The van der Waals surface area contributed by atoms with Gasteiger partial charge in [0.25, 0.3) is 5.69 Å². The van der Waals surface area contributed by atoms with Gasteiger partial charge in [-0.1, -0.05) is 0 Å². The van der Waals surface area contributed by atoms with Crippen molar-refractivity contribution in [2.24, 2.45) is 7.05 Å². The van der Waals surface area contributed by atoms with Crippen LogP contribution in [-0.2, 0) is 7.05 Å². The molecule has 0 bridgehead atoms. The van der Waals surface area contributed by atoms with Gasteiger partial charge in [0, 0.05) is 13.2 Å². The van der Waals surface area contributed by atoms with Gasteiger partial charge in [-0.3, -0.25) is 14.8 Å². The molecule has 0 saturated heterocycles. The second-order valence-electron chi connectivity index (χ2n) is 3.51. The number of nitro groups is 1. The van der Waals surface area contributed by atoms with E-state index in [1.807, 2.05) is 0 Å². The van der Waals surface area contributed by atoms with Gasteiger partial charge in [0.1, 0.15) is 5.75 Å². The zero-order valence-electron chi connectivity index (χ0n) is 9.45. The van der Waals surface area contributed by atoms with Gasteiger partial charge >= 0.3 is 0 Å². The molecule has 6 nitrogen and oxygen atoms in total. The number of aromatic nitrogens is 2. The molecule has 2 rings (SSSR count). The second kappa shape index (κ2) is 4.25. The molecule has 0 saturated carbocycles. The highest BCUT2D eigenvalue weighted by molar-refractivity contribution is 5.71. The van der Waals surface area contributed by atoms with Gasteiger partial charge < -0.3 is 4.74 Å². The number of hydrogen-bond donors (Lipinski definition) is 0. The van der Waals surface area contributed by atoms with Crippen molar-refractivity contribution in [1.82, 2.24) is 9.78 Å². The monoisotopic (exact) mass is 233 g/mol. The molecule has 0 aliphatic rings. The fraction of sp³-hybridized carbons (Fsp3) is 0.182. The molecule has 0 atom stereocenters. The Morgan fingerprint density at radius 2 is 2.18 bits per heavy atom. The van der Waals surface area contributed by atoms with E-state index in [0.717, 1.165) is 0 Å². The first-order valence-corrected chi connectivity index (χ1v) is 4.94. The summed E-state index contributed by atoms with van der Waals surface area (Å²) in [5, 5.41) is 15.1. The lowest BCUT2D eigenvalue weighted by Crippen LogP contribution is -1.95. The summed E-state index contributed by atoms with van der Waals surface area (Å²) >= 11 is 0. The van der Waals surface area contributed by atoms with Crippen molar-refractivity contribution in [3.63, 3.8) is 0 Å². The molecule has 0 aliphatic heterocycles. The molecule has 1 aromatic carbocycles. The zero-order chi connectivity index (χ0) is 12.4. The maximum atomic E-state index is 11.0. The first kappa shape index (κ1) is 11.1. The summed E-state index contributed by atoms with van der Waals surface area (Å²) in [6.07, 6.45) is 1.74. The molecule has 1 aromatic heterocycles. The van der Waals surface area contributed by atoms with Crippen LogP contribution in [0.2, 0.25) is 0 Å². The summed E-state index contributed by atoms with van der Waals surface area (Å²) in [5.41, 5.74) is 1.04. The van der Waals surface area contributed by atoms with Gasteiger partial charge in [0.05, 0.1) is 29.4 Å². The highest BCUT2D eigenvalue weighted by Gasteiger charge is 2.18. The van der Waals surface area contributed by atoms with E-state index >= 15 is 0 Å². The number of hydrogen-bond acceptors (Lipinski definition) is 4. The number of aryl methyl sites for hydroxylation is 1. The second-order valence-corrected chi connectivity index (χ2v) is 3.51. The van der Waals surface area contributed by atoms with Crippen LogP contribution in [0.25, 0.3) is 11.3 Å². The van der Waals surface area contributed by atoms with E-state index in [-0.39, 0.29) is 5.69 Å². The van der Waals surface area contributed by atoms with Crippen molar-refractivity contribution < 1.29 is 9.66 Å². The maximum Gasteiger partial charge on any atom is 0.282 e. The molecule has 0 unspecified atom stereocenters. The molecule has 1 heterocycles. The summed E-state index contributed by atoms with van der Waals surface area (Å²) < 4.78 is 6.57. The van der Waals surface area contributed by atoms with Crippen LogP contribution in [-0.4, -0.2) is 21.8 Å². The highest BCUT2D eigenvalue weighted by atomic mass is 16.6. The van der Waals surface area contributed by atoms with Crippen molar-refractivity contribution in [1.29, 1.82) is 0 Å². The summed E-state index contributed by atoms with van der Waals surface area (Å²) in [6, 6.07) is 6.44. The third kappa shape index (κ3) is 2.10. The minimum atomic E-state index is -0.438. The summed E-state index contributed by atoms with van der Waals surface area (Å²) in [6.45, 7) is 0. The van der Waals surface area contributed by atoms with Crippen molar-refractivity contribution >= 4 is 5.69 Å². The normalized spacial score (nSPS) is 10.2. The third-order valence-corrected chi connectivity index (χ3v) is 2.39. The SMILES string of the molecule is COc1ccc(-c2ccn(C)n2)c([N+](=O)[O-])c1. The molecular weight excluding hydrogens is 222 g/mol. The average Bonchev–Trinajstić information content (AvgIpc) is 2.75. The molecular formula is C11H11N3O3. The Morgan fingerprint density at radius 1 is 1.41 bits per heavy atom. The molecule has 6 heteroatoms. The summed E-state index contributed by atoms with van der Waals surface area (Å²) in [5.74, 6) is 0.455. The Kier molecular flexibility index (Phi) is 2.78. The fourth-order valence-electron chi connectivity index (χ4n) is 1.56. The molecule has 0 aliphatic carbocycles. The van der Waals surface area contributed by atoms with Gasteiger partial charge in [0.15, 0.2) is 0 Å². The van der Waals surface area contributed by atoms with Crippen LogP contribution in [0.3, 0.4) is 0 Å². The number of methoxy groups -OCH3 is 1. The number of ether oxygens (including phenoxy) is 1. The molecule has 0 spiro atoms. The van der Waals surface area contributed by atoms with Crippen LogP contribution in [0.1, 0.15) is 0 Å². The van der Waals surface area contributed by atoms with Crippen LogP contribution in [0, 0.1) is 10.1 Å². The number of nitro benzene ring substituents is 1. The fourth-order valence-corrected chi connectivity index (χ4v) is 1.56. The van der Waals surface area contributed by atoms with Gasteiger partial charge in [-0.15, -0.1) is 0 Å². The van der Waals surface area contributed by atoms with E-state index in [9.17, 15) is 10.1 Å². The summed E-state index contributed by atoms with van der Waals surface area (Å²) in [4.78, 5) is 10.5. The molecule has 0 amide bonds. The summed E-state index contributed by atoms with van der Waals surface area (Å²) in [7, 11) is 3.23. The van der Waals surface area contributed by atoms with Crippen LogP contribution >= 0.6 is 0 Å². The third-order valence-electron chi connectivity index (χ3n) is 2.39. The minimum absolute atomic E-state index is 0.0111. The topological polar surface area (TPSA) is 70.2 Å². The number of nitrogens with zero attached hydrogens (tertiary/aromatic N) is 3. The van der Waals surface area contributed by atoms with Crippen molar-refractivity contribution in [2.75, 3.05) is 7.11 Å². The van der Waals surface area contributed by atoms with Crippen LogP contribution in [0.15, 0.2) is 30.5 Å². The van der Waals surface area contributed by atoms with Gasteiger partial charge in [-0.2, -0.15) is 5.10 Å². The van der Waals surface area contributed by atoms with Gasteiger partial charge in [-0.25, -0.2) is 0 Å². The first-order chi connectivity index (χ1) is 8.11. The molecule has 0 radical (unpaired) electrons. The van der Waals surface area contributed by atoms with Crippen LogP contribution < -0.4 is 4.74 Å². The Labute approximate surface area is 97.6 Å². The van der Waals surface area contributed by atoms with Crippen molar-refractivity contribution in [2.45, 2.75) is 0 Å². The number of rotatable bonds is 3. The van der Waals surface area contributed by atoms with Crippen LogP contribution in [0.4, 0.5) is 5.69 Å². The highest BCUT2D eigenvalue weighted by Crippen LogP contribution is 2.31. The van der Waals surface area contributed by atoms with Gasteiger partial charge in [-0.05, 0) is 18.2 Å². The molecule has 88 valence electrons. The lowest BCUT2D eigenvalue weighted by Gasteiger charge is -2.03. The predicted octanol–water partition coefficient (Wildman–Crippen LogP) is 2.00. The molecule has 0 N–H and O–H groups in total.